The van der Waals surface area contributed by atoms with Gasteiger partial charge in [-0.3, -0.25) is 4.79 Å². The number of aromatic nitrogens is 1. The third kappa shape index (κ3) is 4.38. The van der Waals surface area contributed by atoms with Gasteiger partial charge in [-0.25, -0.2) is 4.79 Å². The normalized spacial score (nSPS) is 14.9. The highest BCUT2D eigenvalue weighted by Gasteiger charge is 2.35. The fraction of sp³-hybridized carbons (Fsp3) is 0.333. The summed E-state index contributed by atoms with van der Waals surface area (Å²) in [7, 11) is 4.83. The van der Waals surface area contributed by atoms with Crippen molar-refractivity contribution in [2.24, 2.45) is 0 Å². The summed E-state index contributed by atoms with van der Waals surface area (Å²) in [6, 6.07) is 13.2. The molecule has 7 nitrogen and oxygen atoms in total. The fourth-order valence-electron chi connectivity index (χ4n) is 4.70. The van der Waals surface area contributed by atoms with E-state index in [2.05, 4.69) is 4.98 Å². The lowest BCUT2D eigenvalue weighted by molar-refractivity contribution is 0.0519. The maximum absolute atomic E-state index is 13.5. The van der Waals surface area contributed by atoms with Crippen molar-refractivity contribution >= 4 is 11.8 Å². The number of nitrogens with one attached hydrogen (secondary N) is 1. The van der Waals surface area contributed by atoms with Gasteiger partial charge in [-0.2, -0.15) is 0 Å². The molecular formula is C27H29NO6. The summed E-state index contributed by atoms with van der Waals surface area (Å²) in [6.45, 7) is 2.01. The smallest absolute Gasteiger partial charge is 0.355 e. The van der Waals surface area contributed by atoms with Crippen molar-refractivity contribution in [3.05, 3.63) is 76.1 Å². The molecule has 1 heterocycles. The first kappa shape index (κ1) is 23.4. The molecule has 34 heavy (non-hydrogen) atoms. The van der Waals surface area contributed by atoms with Crippen LogP contribution in [0.5, 0.6) is 17.2 Å². The van der Waals surface area contributed by atoms with E-state index in [1.165, 1.54) is 0 Å². The van der Waals surface area contributed by atoms with Gasteiger partial charge in [-0.05, 0) is 43.2 Å². The molecule has 178 valence electrons. The van der Waals surface area contributed by atoms with Gasteiger partial charge in [-0.15, -0.1) is 0 Å². The standard InChI is InChI=1S/C27H29NO6/c1-5-34-27(30)26-20(12-16-8-6-7-9-23(16)32-3)25-21(28-26)13-17(14-22(25)29)19-15-18(31-2)10-11-24(19)33-4/h6-11,15,17,28H,5,12-14H2,1-4H3/t17-/m0/s1. The Morgan fingerprint density at radius 1 is 1.00 bits per heavy atom. The largest absolute Gasteiger partial charge is 0.497 e. The van der Waals surface area contributed by atoms with Gasteiger partial charge >= 0.3 is 5.97 Å². The van der Waals surface area contributed by atoms with Gasteiger partial charge in [0, 0.05) is 41.1 Å². The number of carbonyl (C=O) groups excluding carboxylic acids is 2. The van der Waals surface area contributed by atoms with Gasteiger partial charge < -0.3 is 23.9 Å². The SMILES string of the molecule is CCOC(=O)c1[nH]c2c(c1Cc1ccccc1OC)C(=O)C[C@@H](c1cc(OC)ccc1OC)C2. The first-order chi connectivity index (χ1) is 16.5. The molecule has 1 aliphatic carbocycles. The van der Waals surface area contributed by atoms with Crippen LogP contribution >= 0.6 is 0 Å². The van der Waals surface area contributed by atoms with Crippen LogP contribution in [0, 0.1) is 0 Å². The molecule has 0 fully saturated rings. The zero-order valence-corrected chi connectivity index (χ0v) is 19.9. The van der Waals surface area contributed by atoms with Crippen molar-refractivity contribution in [1.29, 1.82) is 0 Å². The number of hydrogen-bond acceptors (Lipinski definition) is 6. The Labute approximate surface area is 199 Å². The quantitative estimate of drug-likeness (QED) is 0.487. The number of fused-ring (bicyclic) bond motifs is 1. The topological polar surface area (TPSA) is 86.9 Å². The van der Waals surface area contributed by atoms with Crippen molar-refractivity contribution in [3.63, 3.8) is 0 Å². The van der Waals surface area contributed by atoms with Gasteiger partial charge in [0.1, 0.15) is 22.9 Å². The highest BCUT2D eigenvalue weighted by molar-refractivity contribution is 6.04. The predicted octanol–water partition coefficient (Wildman–Crippen LogP) is 4.72. The van der Waals surface area contributed by atoms with Crippen molar-refractivity contribution in [2.75, 3.05) is 27.9 Å². The number of aromatic amines is 1. The zero-order chi connectivity index (χ0) is 24.2. The lowest BCUT2D eigenvalue weighted by atomic mass is 9.80. The monoisotopic (exact) mass is 463 g/mol. The van der Waals surface area contributed by atoms with Crippen LogP contribution < -0.4 is 14.2 Å². The number of ether oxygens (including phenoxy) is 4. The molecule has 0 spiro atoms. The number of para-hydroxylation sites is 1. The number of carbonyl (C=O) groups is 2. The molecule has 0 amide bonds. The minimum Gasteiger partial charge on any atom is -0.497 e. The maximum atomic E-state index is 13.5. The van der Waals surface area contributed by atoms with Crippen LogP contribution in [-0.4, -0.2) is 44.7 Å². The molecule has 1 N–H and O–H groups in total. The Bertz CT molecular complexity index is 1210. The van der Waals surface area contributed by atoms with E-state index in [9.17, 15) is 9.59 Å². The molecule has 1 aliphatic rings. The number of esters is 1. The average molecular weight is 464 g/mol. The number of H-pyrrole nitrogens is 1. The van der Waals surface area contributed by atoms with Crippen LogP contribution in [0.1, 0.15) is 62.5 Å². The number of Topliss-reactive ketones (excluding diaryl/α,β-unsaturated/α-hetero) is 1. The van der Waals surface area contributed by atoms with E-state index in [0.717, 1.165) is 16.8 Å². The molecule has 2 aromatic carbocycles. The molecule has 7 heteroatoms. The molecule has 3 aromatic rings. The Balaban J connectivity index is 1.78. The first-order valence-electron chi connectivity index (χ1n) is 11.3. The molecule has 0 unspecified atom stereocenters. The Hall–Kier alpha value is -3.74. The van der Waals surface area contributed by atoms with Gasteiger partial charge in [-0.1, -0.05) is 18.2 Å². The van der Waals surface area contributed by atoms with Gasteiger partial charge in [0.2, 0.25) is 0 Å². The highest BCUT2D eigenvalue weighted by Crippen LogP contribution is 2.41. The van der Waals surface area contributed by atoms with Crippen LogP contribution in [0.25, 0.3) is 0 Å². The second kappa shape index (κ2) is 10.0. The number of rotatable bonds is 8. The van der Waals surface area contributed by atoms with Crippen molar-refractivity contribution in [1.82, 2.24) is 4.98 Å². The second-order valence-electron chi connectivity index (χ2n) is 8.18. The molecular weight excluding hydrogens is 434 g/mol. The molecule has 0 aliphatic heterocycles. The van der Waals surface area contributed by atoms with Crippen molar-refractivity contribution in [3.8, 4) is 17.2 Å². The van der Waals surface area contributed by atoms with E-state index in [1.807, 2.05) is 42.5 Å². The predicted molar refractivity (Wildman–Crippen MR) is 127 cm³/mol. The summed E-state index contributed by atoms with van der Waals surface area (Å²) >= 11 is 0. The average Bonchev–Trinajstić information content (AvgIpc) is 3.22. The Morgan fingerprint density at radius 2 is 1.76 bits per heavy atom. The summed E-state index contributed by atoms with van der Waals surface area (Å²) < 4.78 is 21.8. The number of ketones is 1. The zero-order valence-electron chi connectivity index (χ0n) is 19.9. The number of benzene rings is 2. The minimum absolute atomic E-state index is 0.0205. The van der Waals surface area contributed by atoms with Crippen LogP contribution in [0.2, 0.25) is 0 Å². The van der Waals surface area contributed by atoms with Crippen molar-refractivity contribution in [2.45, 2.75) is 32.1 Å². The van der Waals surface area contributed by atoms with Crippen molar-refractivity contribution < 1.29 is 28.5 Å². The summed E-state index contributed by atoms with van der Waals surface area (Å²) in [4.78, 5) is 29.6. The van der Waals surface area contributed by atoms with Crippen LogP contribution in [0.15, 0.2) is 42.5 Å². The molecule has 0 saturated carbocycles. The summed E-state index contributed by atoms with van der Waals surface area (Å²) in [6.07, 6.45) is 1.24. The summed E-state index contributed by atoms with van der Waals surface area (Å²) in [5, 5.41) is 0. The maximum Gasteiger partial charge on any atom is 0.355 e. The van der Waals surface area contributed by atoms with E-state index in [0.29, 0.717) is 53.3 Å². The lowest BCUT2D eigenvalue weighted by Crippen LogP contribution is -2.20. The Morgan fingerprint density at radius 3 is 2.47 bits per heavy atom. The van der Waals surface area contributed by atoms with Gasteiger partial charge in [0.15, 0.2) is 5.78 Å². The highest BCUT2D eigenvalue weighted by atomic mass is 16.5. The fourth-order valence-corrected chi connectivity index (χ4v) is 4.70. The minimum atomic E-state index is -0.467. The Kier molecular flexibility index (Phi) is 6.91. The van der Waals surface area contributed by atoms with E-state index in [-0.39, 0.29) is 18.3 Å². The van der Waals surface area contributed by atoms with Gasteiger partial charge in [0.05, 0.1) is 27.9 Å². The van der Waals surface area contributed by atoms with E-state index in [4.69, 9.17) is 18.9 Å². The molecule has 0 saturated heterocycles. The van der Waals surface area contributed by atoms with E-state index < -0.39 is 5.97 Å². The summed E-state index contributed by atoms with van der Waals surface area (Å²) in [5.74, 6) is 1.50. The van der Waals surface area contributed by atoms with E-state index in [1.54, 1.807) is 28.3 Å². The third-order valence-electron chi connectivity index (χ3n) is 6.26. The molecule has 4 rings (SSSR count). The number of hydrogen-bond donors (Lipinski definition) is 1. The molecule has 1 aromatic heterocycles. The van der Waals surface area contributed by atoms with Gasteiger partial charge in [0.25, 0.3) is 0 Å². The van der Waals surface area contributed by atoms with Crippen LogP contribution in [0.3, 0.4) is 0 Å². The van der Waals surface area contributed by atoms with E-state index >= 15 is 0 Å². The molecule has 1 atom stereocenters. The lowest BCUT2D eigenvalue weighted by Gasteiger charge is -2.24. The molecule has 0 radical (unpaired) electrons. The third-order valence-corrected chi connectivity index (χ3v) is 6.26. The van der Waals surface area contributed by atoms with Crippen LogP contribution in [-0.2, 0) is 17.6 Å². The number of methoxy groups -OCH3 is 3. The second-order valence-corrected chi connectivity index (χ2v) is 8.18. The summed E-state index contributed by atoms with van der Waals surface area (Å²) in [5.41, 5.74) is 4.08. The molecule has 0 bridgehead atoms. The first-order valence-corrected chi connectivity index (χ1v) is 11.3. The van der Waals surface area contributed by atoms with Crippen LogP contribution in [0.4, 0.5) is 0 Å².